The van der Waals surface area contributed by atoms with Crippen molar-refractivity contribution in [3.8, 4) is 0 Å². The monoisotopic (exact) mass is 273 g/mol. The summed E-state index contributed by atoms with van der Waals surface area (Å²) in [6, 6.07) is 2.69. The predicted octanol–water partition coefficient (Wildman–Crippen LogP) is 1.59. The van der Waals surface area contributed by atoms with E-state index in [1.165, 1.54) is 7.11 Å². The first kappa shape index (κ1) is 15.5. The number of hydrogen-bond acceptors (Lipinski definition) is 3. The Bertz CT molecular complexity index is 426. The molecule has 2 N–H and O–H groups in total. The van der Waals surface area contributed by atoms with Gasteiger partial charge in [0.1, 0.15) is 11.6 Å². The molecule has 0 bridgehead atoms. The smallest absolute Gasteiger partial charge is 0.304 e. The molecule has 1 unspecified atom stereocenters. The highest BCUT2D eigenvalue weighted by Gasteiger charge is 2.16. The van der Waals surface area contributed by atoms with Crippen molar-refractivity contribution in [2.75, 3.05) is 20.3 Å². The third-order valence-electron chi connectivity index (χ3n) is 2.63. The fourth-order valence-electron chi connectivity index (χ4n) is 1.76. The van der Waals surface area contributed by atoms with Crippen LogP contribution in [-0.4, -0.2) is 37.4 Å². The second-order valence-electron chi connectivity index (χ2n) is 4.18. The molecule has 0 aliphatic carbocycles. The first-order chi connectivity index (χ1) is 9.02. The molecule has 0 heterocycles. The van der Waals surface area contributed by atoms with Crippen LogP contribution in [0.3, 0.4) is 0 Å². The lowest BCUT2D eigenvalue weighted by molar-refractivity contribution is -0.137. The van der Waals surface area contributed by atoms with Gasteiger partial charge >= 0.3 is 5.97 Å². The number of carboxylic acids is 1. The molecule has 1 atom stereocenters. The maximum absolute atomic E-state index is 13.5. The molecule has 1 aromatic rings. The summed E-state index contributed by atoms with van der Waals surface area (Å²) in [5, 5.41) is 11.8. The Morgan fingerprint density at radius 3 is 2.84 bits per heavy atom. The number of ether oxygens (including phenoxy) is 1. The standard InChI is InChI=1S/C13H17F2NO3/c1-19-5-4-16-11(8-13(17)18)7-9-6-10(14)2-3-12(9)15/h2-3,6,11,16H,4-5,7-8H2,1H3,(H,17,18). The van der Waals surface area contributed by atoms with Crippen molar-refractivity contribution in [3.63, 3.8) is 0 Å². The second kappa shape index (κ2) is 7.81. The van der Waals surface area contributed by atoms with Crippen LogP contribution in [0.5, 0.6) is 0 Å². The van der Waals surface area contributed by atoms with Crippen LogP contribution in [0.2, 0.25) is 0 Å². The van der Waals surface area contributed by atoms with Gasteiger partial charge in [-0.1, -0.05) is 0 Å². The average Bonchev–Trinajstić information content (AvgIpc) is 2.33. The molecule has 1 rings (SSSR count). The predicted molar refractivity (Wildman–Crippen MR) is 66.0 cm³/mol. The van der Waals surface area contributed by atoms with Gasteiger partial charge in [0.2, 0.25) is 0 Å². The summed E-state index contributed by atoms with van der Waals surface area (Å²) in [4.78, 5) is 10.7. The van der Waals surface area contributed by atoms with Crippen molar-refractivity contribution in [3.05, 3.63) is 35.4 Å². The Labute approximate surface area is 110 Å². The third-order valence-corrected chi connectivity index (χ3v) is 2.63. The minimum Gasteiger partial charge on any atom is -0.481 e. The normalized spacial score (nSPS) is 12.4. The lowest BCUT2D eigenvalue weighted by atomic mass is 10.0. The molecule has 0 spiro atoms. The minimum atomic E-state index is -0.994. The summed E-state index contributed by atoms with van der Waals surface area (Å²) < 4.78 is 31.4. The summed E-state index contributed by atoms with van der Waals surface area (Å²) in [7, 11) is 1.53. The van der Waals surface area contributed by atoms with Crippen LogP contribution in [0.25, 0.3) is 0 Å². The van der Waals surface area contributed by atoms with Crippen molar-refractivity contribution in [2.45, 2.75) is 18.9 Å². The van der Waals surface area contributed by atoms with E-state index in [4.69, 9.17) is 9.84 Å². The van der Waals surface area contributed by atoms with E-state index in [2.05, 4.69) is 5.32 Å². The fourth-order valence-corrected chi connectivity index (χ4v) is 1.76. The summed E-state index contributed by atoms with van der Waals surface area (Å²) in [6.45, 7) is 0.868. The van der Waals surface area contributed by atoms with Gasteiger partial charge in [0.05, 0.1) is 13.0 Å². The van der Waals surface area contributed by atoms with E-state index in [0.29, 0.717) is 13.2 Å². The number of carbonyl (C=O) groups is 1. The Morgan fingerprint density at radius 2 is 2.21 bits per heavy atom. The Balaban J connectivity index is 2.69. The number of carboxylic acid groups (broad SMARTS) is 1. The summed E-state index contributed by atoms with van der Waals surface area (Å²) in [5.74, 6) is -2.07. The number of nitrogens with one attached hydrogen (secondary N) is 1. The van der Waals surface area contributed by atoms with E-state index < -0.39 is 23.6 Å². The van der Waals surface area contributed by atoms with Gasteiger partial charge < -0.3 is 15.2 Å². The van der Waals surface area contributed by atoms with Crippen molar-refractivity contribution < 1.29 is 23.4 Å². The lowest BCUT2D eigenvalue weighted by Crippen LogP contribution is -2.35. The molecule has 0 aliphatic rings. The zero-order valence-electron chi connectivity index (χ0n) is 10.7. The van der Waals surface area contributed by atoms with E-state index in [0.717, 1.165) is 18.2 Å². The van der Waals surface area contributed by atoms with Gasteiger partial charge in [-0.05, 0) is 30.2 Å². The van der Waals surface area contributed by atoms with Gasteiger partial charge in [0, 0.05) is 19.7 Å². The number of methoxy groups -OCH3 is 1. The molecule has 106 valence electrons. The van der Waals surface area contributed by atoms with E-state index >= 15 is 0 Å². The molecule has 6 heteroatoms. The quantitative estimate of drug-likeness (QED) is 0.706. The highest BCUT2D eigenvalue weighted by Crippen LogP contribution is 2.13. The van der Waals surface area contributed by atoms with Crippen LogP contribution in [0, 0.1) is 11.6 Å². The van der Waals surface area contributed by atoms with Crippen LogP contribution < -0.4 is 5.32 Å². The molecule has 0 aromatic heterocycles. The highest BCUT2D eigenvalue weighted by atomic mass is 19.1. The van der Waals surface area contributed by atoms with Gasteiger partial charge in [-0.2, -0.15) is 0 Å². The first-order valence-electron chi connectivity index (χ1n) is 5.91. The summed E-state index contributed by atoms with van der Waals surface area (Å²) in [6.07, 6.45) is -0.0563. The molecule has 19 heavy (non-hydrogen) atoms. The fraction of sp³-hybridized carbons (Fsp3) is 0.462. The molecule has 1 aromatic carbocycles. The van der Waals surface area contributed by atoms with Gasteiger partial charge in [0.25, 0.3) is 0 Å². The molecule has 0 radical (unpaired) electrons. The molecule has 0 saturated heterocycles. The number of hydrogen-bond donors (Lipinski definition) is 2. The van der Waals surface area contributed by atoms with Crippen LogP contribution in [-0.2, 0) is 16.0 Å². The average molecular weight is 273 g/mol. The molecule has 0 saturated carbocycles. The summed E-state index contributed by atoms with van der Waals surface area (Å²) in [5.41, 5.74) is 0.163. The van der Waals surface area contributed by atoms with E-state index in [1.807, 2.05) is 0 Å². The minimum absolute atomic E-state index is 0.111. The highest BCUT2D eigenvalue weighted by molar-refractivity contribution is 5.67. The van der Waals surface area contributed by atoms with Crippen molar-refractivity contribution in [1.29, 1.82) is 0 Å². The first-order valence-corrected chi connectivity index (χ1v) is 5.91. The van der Waals surface area contributed by atoms with Gasteiger partial charge in [0.15, 0.2) is 0 Å². The SMILES string of the molecule is COCCNC(CC(=O)O)Cc1cc(F)ccc1F. The van der Waals surface area contributed by atoms with Crippen LogP contribution >= 0.6 is 0 Å². The van der Waals surface area contributed by atoms with Gasteiger partial charge in [-0.25, -0.2) is 8.78 Å². The van der Waals surface area contributed by atoms with Crippen molar-refractivity contribution >= 4 is 5.97 Å². The largest absolute Gasteiger partial charge is 0.481 e. The molecule has 0 fully saturated rings. The van der Waals surface area contributed by atoms with E-state index in [9.17, 15) is 13.6 Å². The van der Waals surface area contributed by atoms with Crippen LogP contribution in [0.1, 0.15) is 12.0 Å². The van der Waals surface area contributed by atoms with Crippen LogP contribution in [0.4, 0.5) is 8.78 Å². The van der Waals surface area contributed by atoms with Crippen molar-refractivity contribution in [2.24, 2.45) is 0 Å². The zero-order valence-corrected chi connectivity index (χ0v) is 10.7. The third kappa shape index (κ3) is 5.76. The zero-order chi connectivity index (χ0) is 14.3. The maximum atomic E-state index is 13.5. The molecular weight excluding hydrogens is 256 g/mol. The number of halogens is 2. The Morgan fingerprint density at radius 1 is 1.47 bits per heavy atom. The van der Waals surface area contributed by atoms with E-state index in [1.54, 1.807) is 0 Å². The lowest BCUT2D eigenvalue weighted by Gasteiger charge is -2.17. The summed E-state index contributed by atoms with van der Waals surface area (Å²) >= 11 is 0. The Hall–Kier alpha value is -1.53. The molecule has 0 aliphatic heterocycles. The number of aliphatic carboxylic acids is 1. The topological polar surface area (TPSA) is 58.6 Å². The van der Waals surface area contributed by atoms with Gasteiger partial charge in [-0.15, -0.1) is 0 Å². The molecular formula is C13H17F2NO3. The molecule has 0 amide bonds. The second-order valence-corrected chi connectivity index (χ2v) is 4.18. The van der Waals surface area contributed by atoms with Crippen molar-refractivity contribution in [1.82, 2.24) is 5.32 Å². The Kier molecular flexibility index (Phi) is 6.38. The number of rotatable bonds is 8. The van der Waals surface area contributed by atoms with E-state index in [-0.39, 0.29) is 18.4 Å². The maximum Gasteiger partial charge on any atom is 0.304 e. The van der Waals surface area contributed by atoms with Crippen LogP contribution in [0.15, 0.2) is 18.2 Å². The molecule has 4 nitrogen and oxygen atoms in total. The number of benzene rings is 1. The van der Waals surface area contributed by atoms with Gasteiger partial charge in [-0.3, -0.25) is 4.79 Å².